The molecule has 0 saturated carbocycles. The SMILES string of the molecule is Cc1ccc(NC(=O)C(C)(C)C)cc1NC(=O)CC(N)c1ccccc1.Cl. The summed E-state index contributed by atoms with van der Waals surface area (Å²) < 4.78 is 0. The van der Waals surface area contributed by atoms with Crippen molar-refractivity contribution in [3.8, 4) is 0 Å². The van der Waals surface area contributed by atoms with Crippen molar-refractivity contribution in [2.24, 2.45) is 11.1 Å². The van der Waals surface area contributed by atoms with Crippen LogP contribution >= 0.6 is 12.4 Å². The highest BCUT2D eigenvalue weighted by Crippen LogP contribution is 2.24. The van der Waals surface area contributed by atoms with E-state index in [1.54, 1.807) is 6.07 Å². The van der Waals surface area contributed by atoms with Crippen LogP contribution in [-0.4, -0.2) is 11.8 Å². The quantitative estimate of drug-likeness (QED) is 0.707. The Morgan fingerprint density at radius 3 is 2.26 bits per heavy atom. The van der Waals surface area contributed by atoms with Gasteiger partial charge in [0.1, 0.15) is 0 Å². The van der Waals surface area contributed by atoms with E-state index in [0.29, 0.717) is 11.4 Å². The van der Waals surface area contributed by atoms with Crippen molar-refractivity contribution >= 4 is 35.6 Å². The van der Waals surface area contributed by atoms with E-state index in [-0.39, 0.29) is 36.7 Å². The highest BCUT2D eigenvalue weighted by Gasteiger charge is 2.21. The number of nitrogens with one attached hydrogen (secondary N) is 2. The third kappa shape index (κ3) is 6.70. The molecule has 0 spiro atoms. The molecule has 1 unspecified atom stereocenters. The Bertz CT molecular complexity index is 786. The number of hydrogen-bond acceptors (Lipinski definition) is 3. The first-order valence-corrected chi connectivity index (χ1v) is 8.69. The summed E-state index contributed by atoms with van der Waals surface area (Å²) in [5.74, 6) is -0.242. The molecule has 0 heterocycles. The first-order valence-electron chi connectivity index (χ1n) is 8.69. The molecule has 5 nitrogen and oxygen atoms in total. The maximum Gasteiger partial charge on any atom is 0.229 e. The molecule has 0 aromatic heterocycles. The smallest absolute Gasteiger partial charge is 0.229 e. The average molecular weight is 390 g/mol. The summed E-state index contributed by atoms with van der Waals surface area (Å²) in [4.78, 5) is 24.5. The van der Waals surface area contributed by atoms with E-state index in [0.717, 1.165) is 11.1 Å². The van der Waals surface area contributed by atoms with Crippen molar-refractivity contribution in [2.75, 3.05) is 10.6 Å². The van der Waals surface area contributed by atoms with E-state index in [4.69, 9.17) is 5.73 Å². The molecule has 6 heteroatoms. The Kier molecular flexibility index (Phi) is 8.00. The molecule has 0 aliphatic rings. The highest BCUT2D eigenvalue weighted by atomic mass is 35.5. The number of benzene rings is 2. The summed E-state index contributed by atoms with van der Waals surface area (Å²) in [6.07, 6.45) is 0.183. The number of amides is 2. The molecule has 2 amide bonds. The molecule has 27 heavy (non-hydrogen) atoms. The molecule has 146 valence electrons. The van der Waals surface area contributed by atoms with Gasteiger partial charge >= 0.3 is 0 Å². The van der Waals surface area contributed by atoms with Gasteiger partial charge in [0.25, 0.3) is 0 Å². The van der Waals surface area contributed by atoms with Crippen molar-refractivity contribution in [2.45, 2.75) is 40.2 Å². The minimum atomic E-state index is -0.489. The van der Waals surface area contributed by atoms with Gasteiger partial charge in [0, 0.05) is 29.3 Å². The third-order valence-electron chi connectivity index (χ3n) is 4.08. The number of nitrogens with two attached hydrogens (primary N) is 1. The van der Waals surface area contributed by atoms with Crippen LogP contribution in [0.5, 0.6) is 0 Å². The molecule has 0 fully saturated rings. The Morgan fingerprint density at radius 1 is 1.04 bits per heavy atom. The summed E-state index contributed by atoms with van der Waals surface area (Å²) in [6, 6.07) is 14.6. The normalized spacial score (nSPS) is 11.9. The van der Waals surface area contributed by atoms with Gasteiger partial charge in [0.15, 0.2) is 0 Å². The van der Waals surface area contributed by atoms with Crippen molar-refractivity contribution in [3.05, 3.63) is 59.7 Å². The van der Waals surface area contributed by atoms with Crippen LogP contribution in [0.15, 0.2) is 48.5 Å². The van der Waals surface area contributed by atoms with Gasteiger partial charge in [-0.2, -0.15) is 0 Å². The summed E-state index contributed by atoms with van der Waals surface area (Å²) in [5, 5.41) is 5.77. The Morgan fingerprint density at radius 2 is 1.67 bits per heavy atom. The molecule has 1 atom stereocenters. The number of aryl methyl sites for hydroxylation is 1. The zero-order valence-electron chi connectivity index (χ0n) is 16.2. The predicted molar refractivity (Wildman–Crippen MR) is 113 cm³/mol. The van der Waals surface area contributed by atoms with Crippen molar-refractivity contribution in [1.82, 2.24) is 0 Å². The zero-order chi connectivity index (χ0) is 19.3. The third-order valence-corrected chi connectivity index (χ3v) is 4.08. The van der Waals surface area contributed by atoms with Gasteiger partial charge < -0.3 is 16.4 Å². The number of carbonyl (C=O) groups is 2. The summed E-state index contributed by atoms with van der Waals surface area (Å²) in [6.45, 7) is 7.46. The fourth-order valence-corrected chi connectivity index (χ4v) is 2.37. The molecular weight excluding hydrogens is 362 g/mol. The molecule has 0 aliphatic carbocycles. The molecule has 0 aliphatic heterocycles. The fourth-order valence-electron chi connectivity index (χ4n) is 2.37. The predicted octanol–water partition coefficient (Wildman–Crippen LogP) is 4.43. The van der Waals surface area contributed by atoms with Gasteiger partial charge in [-0.3, -0.25) is 9.59 Å². The van der Waals surface area contributed by atoms with Gasteiger partial charge in [-0.15, -0.1) is 12.4 Å². The van der Waals surface area contributed by atoms with Crippen LogP contribution < -0.4 is 16.4 Å². The van der Waals surface area contributed by atoms with Crippen LogP contribution in [0.2, 0.25) is 0 Å². The number of hydrogen-bond donors (Lipinski definition) is 3. The average Bonchev–Trinajstić information content (AvgIpc) is 2.57. The van der Waals surface area contributed by atoms with E-state index < -0.39 is 5.41 Å². The van der Waals surface area contributed by atoms with Gasteiger partial charge in [-0.25, -0.2) is 0 Å². The lowest BCUT2D eigenvalue weighted by Crippen LogP contribution is -2.27. The summed E-state index contributed by atoms with van der Waals surface area (Å²) >= 11 is 0. The maximum absolute atomic E-state index is 12.4. The van der Waals surface area contributed by atoms with Crippen molar-refractivity contribution in [1.29, 1.82) is 0 Å². The molecule has 0 bridgehead atoms. The second kappa shape index (κ2) is 9.53. The monoisotopic (exact) mass is 389 g/mol. The largest absolute Gasteiger partial charge is 0.326 e. The van der Waals surface area contributed by atoms with E-state index in [1.807, 2.05) is 70.2 Å². The Balaban J connectivity index is 0.00000364. The Hall–Kier alpha value is -2.37. The van der Waals surface area contributed by atoms with E-state index in [1.165, 1.54) is 0 Å². The van der Waals surface area contributed by atoms with Gasteiger partial charge in [-0.1, -0.05) is 57.2 Å². The molecule has 2 aromatic carbocycles. The first kappa shape index (κ1) is 22.7. The van der Waals surface area contributed by atoms with Crippen molar-refractivity contribution in [3.63, 3.8) is 0 Å². The minimum absolute atomic E-state index is 0. The van der Waals surface area contributed by atoms with Crippen LogP contribution in [0.4, 0.5) is 11.4 Å². The van der Waals surface area contributed by atoms with Gasteiger partial charge in [-0.05, 0) is 30.2 Å². The van der Waals surface area contributed by atoms with Crippen LogP contribution in [0.3, 0.4) is 0 Å². The summed E-state index contributed by atoms with van der Waals surface area (Å²) in [5.41, 5.74) is 8.78. The zero-order valence-corrected chi connectivity index (χ0v) is 17.0. The molecule has 2 rings (SSSR count). The van der Waals surface area contributed by atoms with Crippen LogP contribution in [0.1, 0.15) is 44.4 Å². The number of rotatable bonds is 5. The Labute approximate surface area is 167 Å². The topological polar surface area (TPSA) is 84.2 Å². The highest BCUT2D eigenvalue weighted by molar-refractivity contribution is 5.96. The lowest BCUT2D eigenvalue weighted by atomic mass is 9.95. The minimum Gasteiger partial charge on any atom is -0.326 e. The van der Waals surface area contributed by atoms with Gasteiger partial charge in [0.2, 0.25) is 11.8 Å². The molecule has 2 aromatic rings. The van der Waals surface area contributed by atoms with Crippen LogP contribution in [-0.2, 0) is 9.59 Å². The fraction of sp³-hybridized carbons (Fsp3) is 0.333. The van der Waals surface area contributed by atoms with Crippen molar-refractivity contribution < 1.29 is 9.59 Å². The lowest BCUT2D eigenvalue weighted by molar-refractivity contribution is -0.123. The maximum atomic E-state index is 12.4. The van der Waals surface area contributed by atoms with E-state index in [9.17, 15) is 9.59 Å². The second-order valence-corrected chi connectivity index (χ2v) is 7.50. The molecule has 0 radical (unpaired) electrons. The lowest BCUT2D eigenvalue weighted by Gasteiger charge is -2.19. The first-order chi connectivity index (χ1) is 12.2. The number of halogens is 1. The summed E-state index contributed by atoms with van der Waals surface area (Å²) in [7, 11) is 0. The second-order valence-electron chi connectivity index (χ2n) is 7.50. The molecule has 4 N–H and O–H groups in total. The standard InChI is InChI=1S/C21H27N3O2.ClH/c1-14-10-11-16(23-20(26)21(2,3)4)12-18(14)24-19(25)13-17(22)15-8-6-5-7-9-15;/h5-12,17H,13,22H2,1-4H3,(H,23,26)(H,24,25);1H. The molecule has 0 saturated heterocycles. The number of carbonyl (C=O) groups excluding carboxylic acids is 2. The van der Waals surface area contributed by atoms with Gasteiger partial charge in [0.05, 0.1) is 0 Å². The van der Waals surface area contributed by atoms with Crippen LogP contribution in [0.25, 0.3) is 0 Å². The molecular formula is C21H28ClN3O2. The van der Waals surface area contributed by atoms with E-state index >= 15 is 0 Å². The number of anilines is 2. The van der Waals surface area contributed by atoms with Crippen LogP contribution in [0, 0.1) is 12.3 Å². The van der Waals surface area contributed by atoms with E-state index in [2.05, 4.69) is 10.6 Å².